The average molecular weight is 430 g/mol. The van der Waals surface area contributed by atoms with Gasteiger partial charge in [-0.15, -0.1) is 0 Å². The van der Waals surface area contributed by atoms with Gasteiger partial charge in [0, 0.05) is 25.3 Å². The van der Waals surface area contributed by atoms with Gasteiger partial charge in [0.2, 0.25) is 15.9 Å². The molecule has 1 aromatic rings. The van der Waals surface area contributed by atoms with Crippen molar-refractivity contribution in [3.05, 3.63) is 22.9 Å². The molecule has 0 radical (unpaired) electrons. The number of carbonyl (C=O) groups is 1. The minimum atomic E-state index is -3.55. The van der Waals surface area contributed by atoms with E-state index < -0.39 is 15.6 Å². The van der Waals surface area contributed by atoms with Crippen molar-refractivity contribution in [2.24, 2.45) is 0 Å². The summed E-state index contributed by atoms with van der Waals surface area (Å²) in [4.78, 5) is 18.2. The molecule has 2 saturated heterocycles. The van der Waals surface area contributed by atoms with E-state index in [1.807, 2.05) is 4.90 Å². The Morgan fingerprint density at radius 3 is 2.56 bits per heavy atom. The standard InChI is InChI=1S/C16H20BrN3O4S/c17-14-4-3-13(9-18-14)25(22,23)19-7-5-16(6-8-19)11-20(12-1-2-12)15(21)10-24-16/h3-4,9,12H,1-2,5-8,10-11H2. The average Bonchev–Trinajstić information content (AvgIpc) is 3.43. The van der Waals surface area contributed by atoms with E-state index in [9.17, 15) is 13.2 Å². The molecule has 0 unspecified atom stereocenters. The highest BCUT2D eigenvalue weighted by Crippen LogP contribution is 2.37. The molecule has 136 valence electrons. The van der Waals surface area contributed by atoms with Crippen LogP contribution in [0.4, 0.5) is 0 Å². The molecule has 3 fully saturated rings. The van der Waals surface area contributed by atoms with Crippen molar-refractivity contribution in [1.29, 1.82) is 0 Å². The molecule has 1 saturated carbocycles. The topological polar surface area (TPSA) is 79.8 Å². The van der Waals surface area contributed by atoms with E-state index in [4.69, 9.17) is 4.74 Å². The SMILES string of the molecule is O=C1COC2(CCN(S(=O)(=O)c3ccc(Br)nc3)CC2)CN1C1CC1. The smallest absolute Gasteiger partial charge is 0.248 e. The first-order valence-electron chi connectivity index (χ1n) is 8.45. The van der Waals surface area contributed by atoms with Crippen LogP contribution in [0.25, 0.3) is 0 Å². The second kappa shape index (κ2) is 6.29. The number of rotatable bonds is 3. The number of aromatic nitrogens is 1. The maximum atomic E-state index is 12.8. The number of pyridine rings is 1. The summed E-state index contributed by atoms with van der Waals surface area (Å²) in [6, 6.07) is 3.55. The third-order valence-corrected chi connectivity index (χ3v) is 7.59. The summed E-state index contributed by atoms with van der Waals surface area (Å²) in [6.45, 7) is 1.49. The van der Waals surface area contributed by atoms with Gasteiger partial charge in [-0.1, -0.05) is 0 Å². The summed E-state index contributed by atoms with van der Waals surface area (Å²) >= 11 is 3.22. The number of amides is 1. The van der Waals surface area contributed by atoms with Gasteiger partial charge in [0.1, 0.15) is 16.1 Å². The summed E-state index contributed by atoms with van der Waals surface area (Å²) in [5, 5.41) is 0. The molecular formula is C16H20BrN3O4S. The van der Waals surface area contributed by atoms with Gasteiger partial charge >= 0.3 is 0 Å². The molecule has 1 aliphatic carbocycles. The largest absolute Gasteiger partial charge is 0.363 e. The second-order valence-corrected chi connectivity index (χ2v) is 9.70. The molecule has 3 aliphatic rings. The molecule has 0 bridgehead atoms. The molecule has 0 atom stereocenters. The Labute approximate surface area is 155 Å². The van der Waals surface area contributed by atoms with Gasteiger partial charge in [0.15, 0.2) is 0 Å². The van der Waals surface area contributed by atoms with E-state index in [1.165, 1.54) is 10.5 Å². The lowest BCUT2D eigenvalue weighted by Crippen LogP contribution is -2.59. The van der Waals surface area contributed by atoms with Crippen molar-refractivity contribution >= 4 is 31.9 Å². The van der Waals surface area contributed by atoms with Crippen molar-refractivity contribution in [2.75, 3.05) is 26.2 Å². The van der Waals surface area contributed by atoms with Crippen LogP contribution >= 0.6 is 15.9 Å². The Morgan fingerprint density at radius 2 is 1.96 bits per heavy atom. The molecule has 2 aliphatic heterocycles. The van der Waals surface area contributed by atoms with E-state index in [1.54, 1.807) is 12.1 Å². The summed E-state index contributed by atoms with van der Waals surface area (Å²) in [7, 11) is -3.55. The van der Waals surface area contributed by atoms with E-state index in [0.717, 1.165) is 12.8 Å². The van der Waals surface area contributed by atoms with Crippen LogP contribution in [-0.2, 0) is 19.6 Å². The van der Waals surface area contributed by atoms with Gasteiger partial charge in [0.05, 0.1) is 12.1 Å². The van der Waals surface area contributed by atoms with Crippen LogP contribution in [0.15, 0.2) is 27.8 Å². The quantitative estimate of drug-likeness (QED) is 0.678. The van der Waals surface area contributed by atoms with Gasteiger partial charge in [-0.05, 0) is 53.7 Å². The minimum Gasteiger partial charge on any atom is -0.363 e. The lowest BCUT2D eigenvalue weighted by atomic mass is 9.90. The molecule has 25 heavy (non-hydrogen) atoms. The Bertz CT molecular complexity index is 771. The molecule has 3 heterocycles. The van der Waals surface area contributed by atoms with E-state index in [2.05, 4.69) is 20.9 Å². The molecule has 4 rings (SSSR count). The van der Waals surface area contributed by atoms with Crippen molar-refractivity contribution < 1.29 is 17.9 Å². The van der Waals surface area contributed by atoms with Gasteiger partial charge in [0.25, 0.3) is 0 Å². The van der Waals surface area contributed by atoms with Crippen molar-refractivity contribution in [3.63, 3.8) is 0 Å². The van der Waals surface area contributed by atoms with Crippen LogP contribution in [0.2, 0.25) is 0 Å². The number of carbonyl (C=O) groups excluding carboxylic acids is 1. The highest BCUT2D eigenvalue weighted by Gasteiger charge is 2.47. The molecule has 9 heteroatoms. The predicted octanol–water partition coefficient (Wildman–Crippen LogP) is 1.39. The van der Waals surface area contributed by atoms with Gasteiger partial charge in [-0.2, -0.15) is 4.31 Å². The fourth-order valence-electron chi connectivity index (χ4n) is 3.56. The predicted molar refractivity (Wildman–Crippen MR) is 93.3 cm³/mol. The van der Waals surface area contributed by atoms with Crippen LogP contribution in [0.1, 0.15) is 25.7 Å². The fourth-order valence-corrected chi connectivity index (χ4v) is 5.18. The molecule has 0 aromatic carbocycles. The zero-order valence-corrected chi connectivity index (χ0v) is 16.1. The summed E-state index contributed by atoms with van der Waals surface area (Å²) in [6.07, 6.45) is 4.71. The van der Waals surface area contributed by atoms with Crippen molar-refractivity contribution in [3.8, 4) is 0 Å². The molecule has 1 aromatic heterocycles. The van der Waals surface area contributed by atoms with Gasteiger partial charge in [-0.25, -0.2) is 13.4 Å². The first-order valence-corrected chi connectivity index (χ1v) is 10.7. The number of piperidine rings is 1. The molecule has 1 amide bonds. The Balaban J connectivity index is 1.46. The first-order chi connectivity index (χ1) is 11.9. The number of sulfonamides is 1. The zero-order valence-electron chi connectivity index (χ0n) is 13.7. The lowest BCUT2D eigenvalue weighted by molar-refractivity contribution is -0.170. The van der Waals surface area contributed by atoms with Crippen molar-refractivity contribution in [2.45, 2.75) is 42.2 Å². The maximum Gasteiger partial charge on any atom is 0.248 e. The fraction of sp³-hybridized carbons (Fsp3) is 0.625. The molecule has 7 nitrogen and oxygen atoms in total. The summed E-state index contributed by atoms with van der Waals surface area (Å²) in [5.41, 5.74) is -0.402. The summed E-state index contributed by atoms with van der Waals surface area (Å²) in [5.74, 6) is 0.0594. The summed E-state index contributed by atoms with van der Waals surface area (Å²) < 4.78 is 33.5. The second-order valence-electron chi connectivity index (χ2n) is 6.95. The van der Waals surface area contributed by atoms with Crippen molar-refractivity contribution in [1.82, 2.24) is 14.2 Å². The van der Waals surface area contributed by atoms with Crippen LogP contribution in [0, 0.1) is 0 Å². The maximum absolute atomic E-state index is 12.8. The Kier molecular flexibility index (Phi) is 4.38. The monoisotopic (exact) mass is 429 g/mol. The number of halogens is 1. The third-order valence-electron chi connectivity index (χ3n) is 5.24. The Hall–Kier alpha value is -1.03. The molecular weight excluding hydrogens is 410 g/mol. The molecule has 1 spiro atoms. The highest BCUT2D eigenvalue weighted by atomic mass is 79.9. The highest BCUT2D eigenvalue weighted by molar-refractivity contribution is 9.10. The van der Waals surface area contributed by atoms with Crippen LogP contribution in [-0.4, -0.2) is 66.4 Å². The van der Waals surface area contributed by atoms with E-state index in [0.29, 0.717) is 43.1 Å². The number of hydrogen-bond acceptors (Lipinski definition) is 5. The number of hydrogen-bond donors (Lipinski definition) is 0. The number of ether oxygens (including phenoxy) is 1. The lowest BCUT2D eigenvalue weighted by Gasteiger charge is -2.46. The van der Waals surface area contributed by atoms with Crippen LogP contribution in [0.3, 0.4) is 0 Å². The zero-order chi connectivity index (χ0) is 17.7. The first kappa shape index (κ1) is 17.4. The van der Waals surface area contributed by atoms with E-state index >= 15 is 0 Å². The number of morpholine rings is 1. The van der Waals surface area contributed by atoms with Gasteiger partial charge < -0.3 is 9.64 Å². The Morgan fingerprint density at radius 1 is 1.24 bits per heavy atom. The minimum absolute atomic E-state index is 0.0594. The molecule has 0 N–H and O–H groups in total. The van der Waals surface area contributed by atoms with Gasteiger partial charge in [-0.3, -0.25) is 4.79 Å². The normalized spacial score (nSPS) is 24.7. The van der Waals surface area contributed by atoms with Crippen LogP contribution < -0.4 is 0 Å². The number of nitrogens with zero attached hydrogens (tertiary/aromatic N) is 3. The van der Waals surface area contributed by atoms with E-state index in [-0.39, 0.29) is 17.4 Å². The third kappa shape index (κ3) is 3.34. The van der Waals surface area contributed by atoms with Crippen LogP contribution in [0.5, 0.6) is 0 Å².